The lowest BCUT2D eigenvalue weighted by molar-refractivity contribution is -0.131. The van der Waals surface area contributed by atoms with E-state index in [2.05, 4.69) is 0 Å². The van der Waals surface area contributed by atoms with Gasteiger partial charge < -0.3 is 4.57 Å². The zero-order valence-electron chi connectivity index (χ0n) is 14.3. The SMILES string of the molecule is C[C@@](CCn1ccc(-c2ccc(F)cc2)cc1=O)(C(=O)NO)S(C)(=O)=O. The highest BCUT2D eigenvalue weighted by Gasteiger charge is 2.43. The van der Waals surface area contributed by atoms with Gasteiger partial charge in [-0.1, -0.05) is 12.1 Å². The molecule has 7 nitrogen and oxygen atoms in total. The van der Waals surface area contributed by atoms with Gasteiger partial charge in [-0.05, 0) is 42.7 Å². The van der Waals surface area contributed by atoms with Crippen LogP contribution in [0.5, 0.6) is 0 Å². The highest BCUT2D eigenvalue weighted by Crippen LogP contribution is 2.22. The van der Waals surface area contributed by atoms with Crippen molar-refractivity contribution in [3.8, 4) is 11.1 Å². The number of hydrogen-bond donors (Lipinski definition) is 2. The van der Waals surface area contributed by atoms with Gasteiger partial charge in [0, 0.05) is 25.1 Å². The lowest BCUT2D eigenvalue weighted by Crippen LogP contribution is -2.49. The number of hydrogen-bond acceptors (Lipinski definition) is 5. The molecule has 1 amide bonds. The Labute approximate surface area is 150 Å². The molecule has 1 aromatic carbocycles. The number of aromatic nitrogens is 1. The lowest BCUT2D eigenvalue weighted by atomic mass is 10.1. The maximum absolute atomic E-state index is 13.0. The number of amides is 1. The van der Waals surface area contributed by atoms with E-state index in [9.17, 15) is 22.4 Å². The zero-order chi connectivity index (χ0) is 19.5. The molecule has 0 saturated carbocycles. The predicted octanol–water partition coefficient (Wildman–Crippen LogP) is 1.35. The van der Waals surface area contributed by atoms with Crippen LogP contribution in [0, 0.1) is 5.82 Å². The summed E-state index contributed by atoms with van der Waals surface area (Å²) in [6.45, 7) is 1.14. The van der Waals surface area contributed by atoms with Crippen molar-refractivity contribution in [2.24, 2.45) is 0 Å². The number of nitrogens with one attached hydrogen (secondary N) is 1. The summed E-state index contributed by atoms with van der Waals surface area (Å²) in [5.74, 6) is -1.44. The van der Waals surface area contributed by atoms with E-state index >= 15 is 0 Å². The molecule has 140 valence electrons. The lowest BCUT2D eigenvalue weighted by Gasteiger charge is -2.25. The first-order valence-corrected chi connectivity index (χ1v) is 9.58. The Balaban J connectivity index is 2.26. The number of halogens is 1. The van der Waals surface area contributed by atoms with E-state index in [0.717, 1.165) is 6.26 Å². The summed E-state index contributed by atoms with van der Waals surface area (Å²) >= 11 is 0. The van der Waals surface area contributed by atoms with Gasteiger partial charge >= 0.3 is 0 Å². The molecule has 2 rings (SSSR count). The minimum absolute atomic E-state index is 0.0421. The van der Waals surface area contributed by atoms with Crippen molar-refractivity contribution >= 4 is 15.7 Å². The van der Waals surface area contributed by atoms with Gasteiger partial charge in [0.05, 0.1) is 0 Å². The molecule has 2 aromatic rings. The number of sulfone groups is 1. The van der Waals surface area contributed by atoms with E-state index in [1.54, 1.807) is 18.2 Å². The second kappa shape index (κ2) is 7.38. The molecule has 1 aromatic heterocycles. The van der Waals surface area contributed by atoms with Crippen LogP contribution in [0.25, 0.3) is 11.1 Å². The van der Waals surface area contributed by atoms with Crippen LogP contribution in [-0.4, -0.2) is 35.1 Å². The standard InChI is InChI=1S/C17H19FN2O5S/c1-17(16(22)19-23,26(2,24)25)8-10-20-9-7-13(11-15(20)21)12-3-5-14(18)6-4-12/h3-7,9,11,23H,8,10H2,1-2H3,(H,19,22)/t17-/m1/s1. The largest absolute Gasteiger partial charge is 0.315 e. The quantitative estimate of drug-likeness (QED) is 0.580. The number of nitrogens with zero attached hydrogens (tertiary/aromatic N) is 1. The Morgan fingerprint density at radius 3 is 2.35 bits per heavy atom. The number of benzene rings is 1. The number of pyridine rings is 1. The molecule has 0 spiro atoms. The summed E-state index contributed by atoms with van der Waals surface area (Å²) in [4.78, 5) is 24.1. The van der Waals surface area contributed by atoms with Crippen LogP contribution in [-0.2, 0) is 21.2 Å². The molecular weight excluding hydrogens is 363 g/mol. The molecule has 0 radical (unpaired) electrons. The summed E-state index contributed by atoms with van der Waals surface area (Å²) in [6.07, 6.45) is 2.16. The normalized spacial score (nSPS) is 13.8. The summed E-state index contributed by atoms with van der Waals surface area (Å²) in [7, 11) is -3.84. The molecule has 1 heterocycles. The van der Waals surface area contributed by atoms with Gasteiger partial charge in [0.1, 0.15) is 5.82 Å². The second-order valence-corrected chi connectivity index (χ2v) is 8.59. The molecule has 0 bridgehead atoms. The molecule has 0 aliphatic rings. The Morgan fingerprint density at radius 1 is 1.23 bits per heavy atom. The highest BCUT2D eigenvalue weighted by atomic mass is 32.2. The molecule has 0 aliphatic carbocycles. The average molecular weight is 382 g/mol. The minimum atomic E-state index is -3.84. The molecule has 0 unspecified atom stereocenters. The average Bonchev–Trinajstić information content (AvgIpc) is 2.59. The fourth-order valence-corrected chi connectivity index (χ4v) is 3.28. The summed E-state index contributed by atoms with van der Waals surface area (Å²) < 4.78 is 36.2. The van der Waals surface area contributed by atoms with E-state index in [0.29, 0.717) is 11.1 Å². The van der Waals surface area contributed by atoms with E-state index < -0.39 is 26.1 Å². The van der Waals surface area contributed by atoms with Crippen molar-refractivity contribution < 1.29 is 22.8 Å². The van der Waals surface area contributed by atoms with Gasteiger partial charge in [0.25, 0.3) is 11.5 Å². The Bertz CT molecular complexity index is 969. The van der Waals surface area contributed by atoms with E-state index in [1.165, 1.54) is 41.4 Å². The van der Waals surface area contributed by atoms with E-state index in [4.69, 9.17) is 5.21 Å². The summed E-state index contributed by atoms with van der Waals surface area (Å²) in [6, 6.07) is 8.63. The van der Waals surface area contributed by atoms with Crippen molar-refractivity contribution in [2.45, 2.75) is 24.6 Å². The first-order chi connectivity index (χ1) is 12.1. The summed E-state index contributed by atoms with van der Waals surface area (Å²) in [5.41, 5.74) is 2.22. The molecule has 2 N–H and O–H groups in total. The van der Waals surface area contributed by atoms with Gasteiger partial charge in [-0.2, -0.15) is 0 Å². The van der Waals surface area contributed by atoms with Crippen LogP contribution in [0.15, 0.2) is 47.4 Å². The summed E-state index contributed by atoms with van der Waals surface area (Å²) in [5, 5.41) is 8.81. The van der Waals surface area contributed by atoms with Crippen molar-refractivity contribution in [1.82, 2.24) is 10.0 Å². The van der Waals surface area contributed by atoms with Crippen molar-refractivity contribution in [1.29, 1.82) is 0 Å². The number of aryl methyl sites for hydroxylation is 1. The van der Waals surface area contributed by atoms with Gasteiger partial charge in [-0.25, -0.2) is 18.3 Å². The molecule has 1 atom stereocenters. The fraction of sp³-hybridized carbons (Fsp3) is 0.294. The van der Waals surface area contributed by atoms with Gasteiger partial charge in [0.15, 0.2) is 14.6 Å². The molecular formula is C17H19FN2O5S. The smallest absolute Gasteiger partial charge is 0.264 e. The molecule has 0 fully saturated rings. The monoisotopic (exact) mass is 382 g/mol. The first-order valence-electron chi connectivity index (χ1n) is 7.69. The van der Waals surface area contributed by atoms with Crippen LogP contribution in [0.3, 0.4) is 0 Å². The van der Waals surface area contributed by atoms with Crippen LogP contribution >= 0.6 is 0 Å². The molecule has 9 heteroatoms. The third-order valence-corrected chi connectivity index (χ3v) is 6.43. The van der Waals surface area contributed by atoms with E-state index in [-0.39, 0.29) is 18.8 Å². The zero-order valence-corrected chi connectivity index (χ0v) is 15.1. The van der Waals surface area contributed by atoms with Gasteiger partial charge in [0.2, 0.25) is 0 Å². The van der Waals surface area contributed by atoms with Gasteiger partial charge in [-0.15, -0.1) is 0 Å². The predicted molar refractivity (Wildman–Crippen MR) is 93.9 cm³/mol. The number of carbonyl (C=O) groups is 1. The third-order valence-electron chi connectivity index (χ3n) is 4.40. The van der Waals surface area contributed by atoms with Gasteiger partial charge in [-0.3, -0.25) is 14.8 Å². The Morgan fingerprint density at radius 2 is 1.85 bits per heavy atom. The molecule has 26 heavy (non-hydrogen) atoms. The number of hydroxylamine groups is 1. The van der Waals surface area contributed by atoms with Crippen molar-refractivity contribution in [2.75, 3.05) is 6.26 Å². The van der Waals surface area contributed by atoms with Crippen LogP contribution in [0.2, 0.25) is 0 Å². The van der Waals surface area contributed by atoms with Crippen molar-refractivity contribution in [3.63, 3.8) is 0 Å². The third kappa shape index (κ3) is 4.00. The minimum Gasteiger partial charge on any atom is -0.315 e. The van der Waals surface area contributed by atoms with Crippen LogP contribution in [0.4, 0.5) is 4.39 Å². The maximum atomic E-state index is 13.0. The topological polar surface area (TPSA) is 105 Å². The maximum Gasteiger partial charge on any atom is 0.264 e. The fourth-order valence-electron chi connectivity index (χ4n) is 2.43. The number of carbonyl (C=O) groups excluding carboxylic acids is 1. The van der Waals surface area contributed by atoms with Crippen molar-refractivity contribution in [3.05, 3.63) is 58.8 Å². The molecule has 0 saturated heterocycles. The highest BCUT2D eigenvalue weighted by molar-refractivity contribution is 7.92. The Kier molecular flexibility index (Phi) is 5.62. The van der Waals surface area contributed by atoms with E-state index in [1.807, 2.05) is 0 Å². The molecule has 0 aliphatic heterocycles. The Hall–Kier alpha value is -2.52. The number of rotatable bonds is 6. The van der Waals surface area contributed by atoms with Crippen LogP contribution in [0.1, 0.15) is 13.3 Å². The first kappa shape index (κ1) is 19.8. The second-order valence-electron chi connectivity index (χ2n) is 6.15. The van der Waals surface area contributed by atoms with Crippen LogP contribution < -0.4 is 11.0 Å².